The monoisotopic (exact) mass is 304 g/mol. The van der Waals surface area contributed by atoms with Crippen molar-refractivity contribution in [3.8, 4) is 11.5 Å². The number of ether oxygens (including phenoxy) is 2. The summed E-state index contributed by atoms with van der Waals surface area (Å²) in [6, 6.07) is 12.7. The van der Waals surface area contributed by atoms with Crippen molar-refractivity contribution in [3.63, 3.8) is 0 Å². The molecule has 2 rings (SSSR count). The van der Waals surface area contributed by atoms with Crippen molar-refractivity contribution in [3.05, 3.63) is 58.6 Å². The topological polar surface area (TPSA) is 35.5 Å². The fourth-order valence-electron chi connectivity index (χ4n) is 1.84. The van der Waals surface area contributed by atoms with E-state index in [0.717, 1.165) is 12.0 Å². The molecule has 0 bridgehead atoms. The molecule has 0 fully saturated rings. The van der Waals surface area contributed by atoms with Gasteiger partial charge in [0.15, 0.2) is 6.61 Å². The SMILES string of the molecule is CCc1ccc(OCC(=O)Oc2ccc(Cl)cc2C)cc1. The second-order valence-corrected chi connectivity index (χ2v) is 5.11. The minimum atomic E-state index is -0.444. The average molecular weight is 305 g/mol. The van der Waals surface area contributed by atoms with Gasteiger partial charge in [-0.15, -0.1) is 0 Å². The third-order valence-corrected chi connectivity index (χ3v) is 3.28. The highest BCUT2D eigenvalue weighted by Gasteiger charge is 2.08. The Morgan fingerprint density at radius 1 is 1.14 bits per heavy atom. The fraction of sp³-hybridized carbons (Fsp3) is 0.235. The minimum absolute atomic E-state index is 0.131. The standard InChI is InChI=1S/C17H17ClO3/c1-3-13-4-7-15(8-5-13)20-11-17(19)21-16-9-6-14(18)10-12(16)2/h4-10H,3,11H2,1-2H3. The van der Waals surface area contributed by atoms with Crippen molar-refractivity contribution in [1.29, 1.82) is 0 Å². The molecule has 0 spiro atoms. The second kappa shape index (κ2) is 7.14. The molecule has 21 heavy (non-hydrogen) atoms. The number of halogens is 1. The van der Waals surface area contributed by atoms with E-state index >= 15 is 0 Å². The molecule has 110 valence electrons. The van der Waals surface area contributed by atoms with E-state index in [2.05, 4.69) is 6.92 Å². The third-order valence-electron chi connectivity index (χ3n) is 3.05. The third kappa shape index (κ3) is 4.50. The number of esters is 1. The van der Waals surface area contributed by atoms with Crippen molar-refractivity contribution in [2.24, 2.45) is 0 Å². The molecule has 0 unspecified atom stereocenters. The minimum Gasteiger partial charge on any atom is -0.482 e. The molecule has 2 aromatic rings. The number of aryl methyl sites for hydroxylation is 2. The molecule has 0 aromatic heterocycles. The van der Waals surface area contributed by atoms with Gasteiger partial charge >= 0.3 is 5.97 Å². The zero-order valence-electron chi connectivity index (χ0n) is 12.1. The smallest absolute Gasteiger partial charge is 0.349 e. The van der Waals surface area contributed by atoms with Crippen LogP contribution in [0, 0.1) is 6.92 Å². The Hall–Kier alpha value is -2.00. The Morgan fingerprint density at radius 3 is 2.48 bits per heavy atom. The number of carbonyl (C=O) groups is 1. The molecular formula is C17H17ClO3. The lowest BCUT2D eigenvalue weighted by Crippen LogP contribution is -2.18. The lowest BCUT2D eigenvalue weighted by atomic mass is 10.2. The molecule has 0 amide bonds. The summed E-state index contributed by atoms with van der Waals surface area (Å²) >= 11 is 5.85. The average Bonchev–Trinajstić information content (AvgIpc) is 2.48. The van der Waals surface area contributed by atoms with Crippen LogP contribution in [0.5, 0.6) is 11.5 Å². The van der Waals surface area contributed by atoms with Gasteiger partial charge in [0.2, 0.25) is 0 Å². The number of hydrogen-bond acceptors (Lipinski definition) is 3. The van der Waals surface area contributed by atoms with Gasteiger partial charge < -0.3 is 9.47 Å². The van der Waals surface area contributed by atoms with Gasteiger partial charge in [-0.2, -0.15) is 0 Å². The van der Waals surface area contributed by atoms with Crippen LogP contribution in [0.25, 0.3) is 0 Å². The summed E-state index contributed by atoms with van der Waals surface area (Å²) in [5, 5.41) is 0.611. The molecule has 4 heteroatoms. The zero-order chi connectivity index (χ0) is 15.2. The number of rotatable bonds is 5. The maximum Gasteiger partial charge on any atom is 0.349 e. The first kappa shape index (κ1) is 15.4. The summed E-state index contributed by atoms with van der Waals surface area (Å²) in [7, 11) is 0. The lowest BCUT2D eigenvalue weighted by Gasteiger charge is -2.09. The summed E-state index contributed by atoms with van der Waals surface area (Å²) < 4.78 is 10.6. The van der Waals surface area contributed by atoms with Crippen LogP contribution in [0.3, 0.4) is 0 Å². The van der Waals surface area contributed by atoms with E-state index in [0.29, 0.717) is 16.5 Å². The van der Waals surface area contributed by atoms with E-state index in [-0.39, 0.29) is 6.61 Å². The van der Waals surface area contributed by atoms with E-state index < -0.39 is 5.97 Å². The Morgan fingerprint density at radius 2 is 1.86 bits per heavy atom. The molecular weight excluding hydrogens is 288 g/mol. The summed E-state index contributed by atoms with van der Waals surface area (Å²) in [5.74, 6) is 0.700. The van der Waals surface area contributed by atoms with E-state index in [1.807, 2.05) is 31.2 Å². The normalized spacial score (nSPS) is 10.2. The Balaban J connectivity index is 1.89. The van der Waals surface area contributed by atoms with Crippen molar-refractivity contribution in [2.45, 2.75) is 20.3 Å². The van der Waals surface area contributed by atoms with Gasteiger partial charge in [0, 0.05) is 5.02 Å². The van der Waals surface area contributed by atoms with E-state index in [1.165, 1.54) is 5.56 Å². The summed E-state index contributed by atoms with van der Waals surface area (Å²) in [5.41, 5.74) is 2.03. The van der Waals surface area contributed by atoms with Crippen LogP contribution in [0.1, 0.15) is 18.1 Å². The van der Waals surface area contributed by atoms with Crippen LogP contribution in [0.2, 0.25) is 5.02 Å². The van der Waals surface area contributed by atoms with Crippen molar-refractivity contribution in [1.82, 2.24) is 0 Å². The maximum absolute atomic E-state index is 11.8. The van der Waals surface area contributed by atoms with E-state index in [4.69, 9.17) is 21.1 Å². The number of benzene rings is 2. The molecule has 0 radical (unpaired) electrons. The first-order valence-electron chi connectivity index (χ1n) is 6.77. The van der Waals surface area contributed by atoms with Gasteiger partial charge in [0.25, 0.3) is 0 Å². The number of carbonyl (C=O) groups excluding carboxylic acids is 1. The molecule has 0 saturated carbocycles. The van der Waals surface area contributed by atoms with Crippen LogP contribution >= 0.6 is 11.6 Å². The van der Waals surface area contributed by atoms with Crippen LogP contribution in [0.4, 0.5) is 0 Å². The molecule has 0 atom stereocenters. The molecule has 0 N–H and O–H groups in total. The van der Waals surface area contributed by atoms with Gasteiger partial charge in [-0.3, -0.25) is 0 Å². The quantitative estimate of drug-likeness (QED) is 0.613. The Bertz CT molecular complexity index is 620. The van der Waals surface area contributed by atoms with Crippen LogP contribution in [0.15, 0.2) is 42.5 Å². The Labute approximate surface area is 129 Å². The number of hydrogen-bond donors (Lipinski definition) is 0. The van der Waals surface area contributed by atoms with Crippen LogP contribution in [-0.4, -0.2) is 12.6 Å². The van der Waals surface area contributed by atoms with Gasteiger partial charge in [-0.25, -0.2) is 4.79 Å². The predicted octanol–water partition coefficient (Wildman–Crippen LogP) is 4.20. The molecule has 3 nitrogen and oxygen atoms in total. The Kier molecular flexibility index (Phi) is 5.23. The summed E-state index contributed by atoms with van der Waals surface area (Å²) in [6.07, 6.45) is 0.970. The first-order chi connectivity index (χ1) is 10.1. The largest absolute Gasteiger partial charge is 0.482 e. The maximum atomic E-state index is 11.8. The van der Waals surface area contributed by atoms with Gasteiger partial charge in [0.1, 0.15) is 11.5 Å². The summed E-state index contributed by atoms with van der Waals surface area (Å²) in [4.78, 5) is 11.8. The van der Waals surface area contributed by atoms with Gasteiger partial charge in [-0.05, 0) is 54.8 Å². The molecule has 0 saturated heterocycles. The van der Waals surface area contributed by atoms with Crippen molar-refractivity contribution < 1.29 is 14.3 Å². The molecule has 2 aromatic carbocycles. The van der Waals surface area contributed by atoms with Crippen LogP contribution in [-0.2, 0) is 11.2 Å². The first-order valence-corrected chi connectivity index (χ1v) is 7.15. The molecule has 0 aliphatic heterocycles. The zero-order valence-corrected chi connectivity index (χ0v) is 12.8. The fourth-order valence-corrected chi connectivity index (χ4v) is 2.07. The van der Waals surface area contributed by atoms with Crippen molar-refractivity contribution >= 4 is 17.6 Å². The highest BCUT2D eigenvalue weighted by Crippen LogP contribution is 2.22. The lowest BCUT2D eigenvalue weighted by molar-refractivity contribution is -0.136. The molecule has 0 heterocycles. The van der Waals surface area contributed by atoms with E-state index in [9.17, 15) is 4.79 Å². The molecule has 0 aliphatic rings. The highest BCUT2D eigenvalue weighted by atomic mass is 35.5. The molecule has 0 aliphatic carbocycles. The van der Waals surface area contributed by atoms with Gasteiger partial charge in [0.05, 0.1) is 0 Å². The van der Waals surface area contributed by atoms with Crippen molar-refractivity contribution in [2.75, 3.05) is 6.61 Å². The highest BCUT2D eigenvalue weighted by molar-refractivity contribution is 6.30. The van der Waals surface area contributed by atoms with Crippen LogP contribution < -0.4 is 9.47 Å². The summed E-state index contributed by atoms with van der Waals surface area (Å²) in [6.45, 7) is 3.79. The van der Waals surface area contributed by atoms with Gasteiger partial charge in [-0.1, -0.05) is 30.7 Å². The van der Waals surface area contributed by atoms with E-state index in [1.54, 1.807) is 18.2 Å². The second-order valence-electron chi connectivity index (χ2n) is 4.67. The predicted molar refractivity (Wildman–Crippen MR) is 83.1 cm³/mol.